The molecule has 1 aliphatic carbocycles. The van der Waals surface area contributed by atoms with E-state index in [1.807, 2.05) is 24.3 Å². The van der Waals surface area contributed by atoms with Gasteiger partial charge in [0.2, 0.25) is 11.8 Å². The molecule has 0 radical (unpaired) electrons. The Kier molecular flexibility index (Phi) is 7.69. The lowest BCUT2D eigenvalue weighted by Crippen LogP contribution is -2.46. The molecule has 0 atom stereocenters. The molecule has 1 aliphatic heterocycles. The Morgan fingerprint density at radius 1 is 1.03 bits per heavy atom. The second-order valence-corrected chi connectivity index (χ2v) is 9.93. The molecule has 1 saturated carbocycles. The fraction of sp³-hybridized carbons (Fsp3) is 0.444. The Balaban J connectivity index is 1.38. The molecule has 1 heterocycles. The van der Waals surface area contributed by atoms with Crippen molar-refractivity contribution in [3.05, 3.63) is 69.7 Å². The number of carboxylic acid groups (broad SMARTS) is 1. The standard InChI is InChI=1S/C27H31ClN2O4/c1-18-13-20(4-7-21(18)3-2-12-30-25(31)10-11-26(30)32)17-29(24-14-22(15-24)27(33)34)16-19-5-8-23(28)9-6-19/h4-9,13,22,24H,2-3,10-12,14-17H2,1H3,(H,33,34). The third-order valence-electron chi connectivity index (χ3n) is 7.05. The van der Waals surface area contributed by atoms with Crippen LogP contribution in [0.3, 0.4) is 0 Å². The van der Waals surface area contributed by atoms with Gasteiger partial charge in [-0.15, -0.1) is 0 Å². The smallest absolute Gasteiger partial charge is 0.306 e. The van der Waals surface area contributed by atoms with Crippen molar-refractivity contribution >= 4 is 29.4 Å². The number of aryl methyl sites for hydroxylation is 2. The van der Waals surface area contributed by atoms with Crippen molar-refractivity contribution in [2.75, 3.05) is 6.54 Å². The molecule has 0 bridgehead atoms. The van der Waals surface area contributed by atoms with Gasteiger partial charge in [-0.1, -0.05) is 41.9 Å². The first-order valence-electron chi connectivity index (χ1n) is 11.9. The minimum atomic E-state index is -0.708. The molecule has 2 aromatic carbocycles. The second-order valence-electron chi connectivity index (χ2n) is 9.50. The van der Waals surface area contributed by atoms with Crippen LogP contribution in [0.5, 0.6) is 0 Å². The number of rotatable bonds is 10. The van der Waals surface area contributed by atoms with Gasteiger partial charge < -0.3 is 5.11 Å². The average molecular weight is 483 g/mol. The number of amides is 2. The van der Waals surface area contributed by atoms with Crippen molar-refractivity contribution in [2.45, 2.75) is 64.6 Å². The van der Waals surface area contributed by atoms with E-state index in [2.05, 4.69) is 30.0 Å². The van der Waals surface area contributed by atoms with E-state index in [1.54, 1.807) is 0 Å². The van der Waals surface area contributed by atoms with Crippen LogP contribution in [-0.4, -0.2) is 45.3 Å². The highest BCUT2D eigenvalue weighted by Crippen LogP contribution is 2.34. The zero-order valence-electron chi connectivity index (χ0n) is 19.5. The molecule has 0 spiro atoms. The summed E-state index contributed by atoms with van der Waals surface area (Å²) in [7, 11) is 0. The normalized spacial score (nSPS) is 20.1. The molecule has 1 N–H and O–H groups in total. The van der Waals surface area contributed by atoms with E-state index < -0.39 is 5.97 Å². The first-order valence-corrected chi connectivity index (χ1v) is 12.3. The minimum Gasteiger partial charge on any atom is -0.481 e. The summed E-state index contributed by atoms with van der Waals surface area (Å²) in [5, 5.41) is 10.0. The Morgan fingerprint density at radius 2 is 1.65 bits per heavy atom. The number of benzene rings is 2. The number of hydrogen-bond acceptors (Lipinski definition) is 4. The van der Waals surface area contributed by atoms with Crippen LogP contribution >= 0.6 is 11.6 Å². The van der Waals surface area contributed by atoms with Gasteiger partial charge in [0.15, 0.2) is 0 Å². The number of halogens is 1. The largest absolute Gasteiger partial charge is 0.481 e. The summed E-state index contributed by atoms with van der Waals surface area (Å²) in [5.41, 5.74) is 4.77. The lowest BCUT2D eigenvalue weighted by atomic mass is 9.79. The van der Waals surface area contributed by atoms with E-state index in [0.29, 0.717) is 37.3 Å². The van der Waals surface area contributed by atoms with Gasteiger partial charge in [-0.3, -0.25) is 24.2 Å². The number of likely N-dealkylation sites (tertiary alicyclic amines) is 1. The molecule has 4 rings (SSSR count). The number of nitrogens with zero attached hydrogens (tertiary/aromatic N) is 2. The monoisotopic (exact) mass is 482 g/mol. The van der Waals surface area contributed by atoms with Gasteiger partial charge >= 0.3 is 5.97 Å². The summed E-state index contributed by atoms with van der Waals surface area (Å²) in [4.78, 5) is 38.7. The maximum absolute atomic E-state index is 11.8. The number of aliphatic carboxylic acids is 1. The van der Waals surface area contributed by atoms with Crippen LogP contribution in [0.2, 0.25) is 5.02 Å². The average Bonchev–Trinajstić information content (AvgIpc) is 3.07. The summed E-state index contributed by atoms with van der Waals surface area (Å²) in [6.07, 6.45) is 3.61. The lowest BCUT2D eigenvalue weighted by Gasteiger charge is -2.41. The Bertz CT molecular complexity index is 1050. The lowest BCUT2D eigenvalue weighted by molar-refractivity contribution is -0.147. The molecule has 2 amide bonds. The first-order chi connectivity index (χ1) is 16.3. The maximum Gasteiger partial charge on any atom is 0.306 e. The molecule has 7 heteroatoms. The summed E-state index contributed by atoms with van der Waals surface area (Å²) >= 11 is 6.04. The van der Waals surface area contributed by atoms with Gasteiger partial charge in [0.05, 0.1) is 5.92 Å². The number of imide groups is 1. The van der Waals surface area contributed by atoms with Gasteiger partial charge in [0, 0.05) is 43.5 Å². The van der Waals surface area contributed by atoms with E-state index >= 15 is 0 Å². The predicted molar refractivity (Wildman–Crippen MR) is 130 cm³/mol. The summed E-state index contributed by atoms with van der Waals surface area (Å²) in [5.74, 6) is -1.07. The van der Waals surface area contributed by atoms with Crippen LogP contribution in [-0.2, 0) is 33.9 Å². The fourth-order valence-corrected chi connectivity index (χ4v) is 5.02. The Hall–Kier alpha value is -2.70. The minimum absolute atomic E-state index is 0.0565. The van der Waals surface area contributed by atoms with Crippen molar-refractivity contribution < 1.29 is 19.5 Å². The van der Waals surface area contributed by atoms with Crippen LogP contribution in [0, 0.1) is 12.8 Å². The zero-order valence-corrected chi connectivity index (χ0v) is 20.3. The quantitative estimate of drug-likeness (QED) is 0.501. The SMILES string of the molecule is Cc1cc(CN(Cc2ccc(Cl)cc2)C2CC(C(=O)O)C2)ccc1CCCN1C(=O)CCC1=O. The highest BCUT2D eigenvalue weighted by atomic mass is 35.5. The first kappa shape index (κ1) is 24.4. The van der Waals surface area contributed by atoms with Crippen LogP contribution < -0.4 is 0 Å². The van der Waals surface area contributed by atoms with Gasteiger partial charge in [-0.25, -0.2) is 0 Å². The molecule has 180 valence electrons. The molecule has 1 saturated heterocycles. The molecule has 2 fully saturated rings. The predicted octanol–water partition coefficient (Wildman–Crippen LogP) is 4.60. The maximum atomic E-state index is 11.8. The molecule has 6 nitrogen and oxygen atoms in total. The van der Waals surface area contributed by atoms with Gasteiger partial charge in [0.25, 0.3) is 0 Å². The highest BCUT2D eigenvalue weighted by Gasteiger charge is 2.38. The third-order valence-corrected chi connectivity index (χ3v) is 7.31. The molecule has 0 aromatic heterocycles. The van der Waals surface area contributed by atoms with Crippen LogP contribution in [0.15, 0.2) is 42.5 Å². The van der Waals surface area contributed by atoms with Crippen molar-refractivity contribution in [1.82, 2.24) is 9.80 Å². The van der Waals surface area contributed by atoms with E-state index in [4.69, 9.17) is 11.6 Å². The van der Waals surface area contributed by atoms with E-state index in [-0.39, 0.29) is 23.8 Å². The van der Waals surface area contributed by atoms with Crippen molar-refractivity contribution in [1.29, 1.82) is 0 Å². The number of carboxylic acids is 1. The van der Waals surface area contributed by atoms with Crippen LogP contribution in [0.4, 0.5) is 0 Å². The molecule has 2 aromatic rings. The van der Waals surface area contributed by atoms with Gasteiger partial charge in [0.1, 0.15) is 0 Å². The summed E-state index contributed by atoms with van der Waals surface area (Å²) in [6, 6.07) is 14.5. The van der Waals surface area contributed by atoms with E-state index in [1.165, 1.54) is 21.6 Å². The summed E-state index contributed by atoms with van der Waals surface area (Å²) < 4.78 is 0. The third kappa shape index (κ3) is 5.86. The Labute approximate surface area is 205 Å². The van der Waals surface area contributed by atoms with Crippen LogP contribution in [0.1, 0.15) is 54.4 Å². The van der Waals surface area contributed by atoms with Gasteiger partial charge in [-0.2, -0.15) is 0 Å². The van der Waals surface area contributed by atoms with Crippen molar-refractivity contribution in [3.8, 4) is 0 Å². The zero-order chi connectivity index (χ0) is 24.2. The van der Waals surface area contributed by atoms with Crippen LogP contribution in [0.25, 0.3) is 0 Å². The van der Waals surface area contributed by atoms with Gasteiger partial charge in [-0.05, 0) is 67.0 Å². The van der Waals surface area contributed by atoms with E-state index in [0.717, 1.165) is 31.5 Å². The molecule has 2 aliphatic rings. The number of carbonyl (C=O) groups is 3. The number of carbonyl (C=O) groups excluding carboxylic acids is 2. The highest BCUT2D eigenvalue weighted by molar-refractivity contribution is 6.30. The van der Waals surface area contributed by atoms with Crippen molar-refractivity contribution in [3.63, 3.8) is 0 Å². The van der Waals surface area contributed by atoms with Crippen molar-refractivity contribution in [2.24, 2.45) is 5.92 Å². The van der Waals surface area contributed by atoms with E-state index in [9.17, 15) is 19.5 Å². The molecule has 34 heavy (non-hydrogen) atoms. The number of hydrogen-bond donors (Lipinski definition) is 1. The molecule has 0 unspecified atom stereocenters. The topological polar surface area (TPSA) is 77.9 Å². The second kappa shape index (κ2) is 10.7. The molecular weight excluding hydrogens is 452 g/mol. The fourth-order valence-electron chi connectivity index (χ4n) is 4.90. The molecular formula is C27H31ClN2O4. The Morgan fingerprint density at radius 3 is 2.26 bits per heavy atom. The summed E-state index contributed by atoms with van der Waals surface area (Å²) in [6.45, 7) is 4.07.